The third-order valence-electron chi connectivity index (χ3n) is 1.49. The molecular weight excluding hydrogens is 192 g/mol. The second kappa shape index (κ2) is 4.77. The Bertz CT molecular complexity index is 215. The van der Waals surface area contributed by atoms with Crippen LogP contribution in [0.1, 0.15) is 54.4 Å². The number of carbonyl (C=O) groups excluding carboxylic acids is 2. The number of carbonyl (C=O) groups is 2. The van der Waals surface area contributed by atoms with Crippen LogP contribution in [0.25, 0.3) is 0 Å². The van der Waals surface area contributed by atoms with Crippen LogP contribution in [0.15, 0.2) is 0 Å². The van der Waals surface area contributed by atoms with Gasteiger partial charge in [-0.2, -0.15) is 0 Å². The van der Waals surface area contributed by atoms with Gasteiger partial charge in [0.2, 0.25) is 0 Å². The summed E-state index contributed by atoms with van der Waals surface area (Å²) in [5, 5.41) is 0. The van der Waals surface area contributed by atoms with Gasteiger partial charge in [0.05, 0.1) is 0 Å². The minimum atomic E-state index is -0.515. The van der Waals surface area contributed by atoms with Gasteiger partial charge in [0.15, 0.2) is 0 Å². The maximum absolute atomic E-state index is 11.5. The van der Waals surface area contributed by atoms with Gasteiger partial charge in [0.25, 0.3) is 0 Å². The number of esters is 1. The summed E-state index contributed by atoms with van der Waals surface area (Å²) in [7, 11) is 0. The third-order valence-corrected chi connectivity index (χ3v) is 1.49. The van der Waals surface area contributed by atoms with Gasteiger partial charge in [-0.15, -0.1) is 0 Å². The molecule has 0 rings (SSSR count). The fraction of sp³-hybridized carbons (Fsp3) is 0.833. The molecule has 0 amide bonds. The van der Waals surface area contributed by atoms with Gasteiger partial charge in [0.1, 0.15) is 17.8 Å². The topological polar surface area (TPSA) is 43.4 Å². The van der Waals surface area contributed by atoms with E-state index >= 15 is 0 Å². The first-order chi connectivity index (χ1) is 6.49. The summed E-state index contributed by atoms with van der Waals surface area (Å²) >= 11 is 0. The molecule has 0 saturated heterocycles. The summed E-state index contributed by atoms with van der Waals surface area (Å²) in [6, 6.07) is 0. The van der Waals surface area contributed by atoms with E-state index in [0.717, 1.165) is 0 Å². The van der Waals surface area contributed by atoms with Gasteiger partial charge in [-0.05, 0) is 26.2 Å². The van der Waals surface area contributed by atoms with E-state index in [1.165, 1.54) is 0 Å². The molecule has 0 saturated carbocycles. The fourth-order valence-corrected chi connectivity index (χ4v) is 1.19. The zero-order valence-electron chi connectivity index (χ0n) is 10.6. The van der Waals surface area contributed by atoms with Crippen molar-refractivity contribution in [2.45, 2.75) is 60.0 Å². The van der Waals surface area contributed by atoms with E-state index in [0.29, 0.717) is 6.42 Å². The Morgan fingerprint density at radius 1 is 1.00 bits per heavy atom. The lowest BCUT2D eigenvalue weighted by atomic mass is 9.89. The summed E-state index contributed by atoms with van der Waals surface area (Å²) in [5.74, 6) is -0.492. The van der Waals surface area contributed by atoms with Crippen LogP contribution >= 0.6 is 0 Å². The van der Waals surface area contributed by atoms with Crippen molar-refractivity contribution in [1.29, 1.82) is 0 Å². The third kappa shape index (κ3) is 9.44. The van der Waals surface area contributed by atoms with Gasteiger partial charge in [-0.1, -0.05) is 20.8 Å². The van der Waals surface area contributed by atoms with Gasteiger partial charge in [-0.3, -0.25) is 9.59 Å². The average Bonchev–Trinajstić information content (AvgIpc) is 1.73. The quantitative estimate of drug-likeness (QED) is 0.536. The van der Waals surface area contributed by atoms with Gasteiger partial charge < -0.3 is 4.74 Å². The number of hydrogen-bond acceptors (Lipinski definition) is 3. The van der Waals surface area contributed by atoms with Crippen LogP contribution in [0, 0.1) is 5.41 Å². The second-order valence-electron chi connectivity index (χ2n) is 6.04. The van der Waals surface area contributed by atoms with Crippen molar-refractivity contribution in [1.82, 2.24) is 0 Å². The molecular formula is C12H22O3. The van der Waals surface area contributed by atoms with Crippen molar-refractivity contribution in [2.75, 3.05) is 0 Å². The summed E-state index contributed by atoms with van der Waals surface area (Å²) in [6.07, 6.45) is 0.292. The standard InChI is InChI=1S/C12H22O3/c1-11(2,3)8-9(13)7-10(14)15-12(4,5)6/h7-8H2,1-6H3. The van der Waals surface area contributed by atoms with Crippen molar-refractivity contribution in [3.8, 4) is 0 Å². The molecule has 0 aliphatic carbocycles. The summed E-state index contributed by atoms with van der Waals surface area (Å²) in [6.45, 7) is 11.3. The zero-order chi connectivity index (χ0) is 12.3. The molecule has 0 N–H and O–H groups in total. The molecule has 88 valence electrons. The highest BCUT2D eigenvalue weighted by Crippen LogP contribution is 2.20. The second-order valence-corrected chi connectivity index (χ2v) is 6.04. The highest BCUT2D eigenvalue weighted by Gasteiger charge is 2.22. The van der Waals surface area contributed by atoms with E-state index in [-0.39, 0.29) is 17.6 Å². The molecule has 0 unspecified atom stereocenters. The molecule has 0 aromatic carbocycles. The van der Waals surface area contributed by atoms with Crippen LogP contribution in [0.4, 0.5) is 0 Å². The number of ether oxygens (including phenoxy) is 1. The van der Waals surface area contributed by atoms with E-state index < -0.39 is 11.6 Å². The largest absolute Gasteiger partial charge is 0.460 e. The predicted octanol–water partition coefficient (Wildman–Crippen LogP) is 2.72. The highest BCUT2D eigenvalue weighted by molar-refractivity contribution is 5.95. The minimum Gasteiger partial charge on any atom is -0.460 e. The van der Waals surface area contributed by atoms with Crippen LogP contribution in [-0.4, -0.2) is 17.4 Å². The molecule has 0 atom stereocenters. The molecule has 3 heteroatoms. The van der Waals surface area contributed by atoms with Crippen molar-refractivity contribution in [2.24, 2.45) is 5.41 Å². The Morgan fingerprint density at radius 3 is 1.80 bits per heavy atom. The van der Waals surface area contributed by atoms with Crippen LogP contribution in [0.2, 0.25) is 0 Å². The molecule has 0 spiro atoms. The lowest BCUT2D eigenvalue weighted by molar-refractivity contribution is -0.156. The van der Waals surface area contributed by atoms with Crippen LogP contribution in [0.5, 0.6) is 0 Å². The first-order valence-electron chi connectivity index (χ1n) is 5.23. The Balaban J connectivity index is 4.04. The number of Topliss-reactive ketones (excluding diaryl/α,β-unsaturated/α-hetero) is 1. The molecule has 0 aliphatic heterocycles. The normalized spacial score (nSPS) is 12.4. The molecule has 0 aromatic heterocycles. The molecule has 15 heavy (non-hydrogen) atoms. The van der Waals surface area contributed by atoms with Gasteiger partial charge in [-0.25, -0.2) is 0 Å². The smallest absolute Gasteiger partial charge is 0.313 e. The van der Waals surface area contributed by atoms with Gasteiger partial charge in [0, 0.05) is 6.42 Å². The summed E-state index contributed by atoms with van der Waals surface area (Å²) < 4.78 is 5.06. The molecule has 3 nitrogen and oxygen atoms in total. The predicted molar refractivity (Wildman–Crippen MR) is 59.5 cm³/mol. The van der Waals surface area contributed by atoms with Gasteiger partial charge >= 0.3 is 5.97 Å². The molecule has 0 aromatic rings. The summed E-state index contributed by atoms with van der Waals surface area (Å²) in [5.41, 5.74) is -0.585. The van der Waals surface area contributed by atoms with E-state index in [4.69, 9.17) is 4.74 Å². The Hall–Kier alpha value is -0.860. The number of ketones is 1. The Morgan fingerprint density at radius 2 is 1.47 bits per heavy atom. The van der Waals surface area contributed by atoms with Crippen LogP contribution in [0.3, 0.4) is 0 Å². The number of rotatable bonds is 3. The number of hydrogen-bond donors (Lipinski definition) is 0. The van der Waals surface area contributed by atoms with Crippen molar-refractivity contribution >= 4 is 11.8 Å². The Kier molecular flexibility index (Phi) is 4.50. The fourth-order valence-electron chi connectivity index (χ4n) is 1.19. The Labute approximate surface area is 92.2 Å². The lowest BCUT2D eigenvalue weighted by Gasteiger charge is -2.20. The maximum atomic E-state index is 11.5. The van der Waals surface area contributed by atoms with E-state index in [1.807, 2.05) is 20.8 Å². The molecule has 0 heterocycles. The molecule has 0 bridgehead atoms. The molecule has 0 radical (unpaired) electrons. The van der Waals surface area contributed by atoms with Crippen molar-refractivity contribution in [3.05, 3.63) is 0 Å². The first-order valence-corrected chi connectivity index (χ1v) is 5.23. The van der Waals surface area contributed by atoms with E-state index in [1.54, 1.807) is 20.8 Å². The average molecular weight is 214 g/mol. The van der Waals surface area contributed by atoms with Crippen molar-refractivity contribution in [3.63, 3.8) is 0 Å². The summed E-state index contributed by atoms with van der Waals surface area (Å²) in [4.78, 5) is 22.8. The minimum absolute atomic E-state index is 0.0586. The molecule has 0 aliphatic rings. The first kappa shape index (κ1) is 14.1. The SMILES string of the molecule is CC(C)(C)CC(=O)CC(=O)OC(C)(C)C. The van der Waals surface area contributed by atoms with Crippen LogP contribution < -0.4 is 0 Å². The highest BCUT2D eigenvalue weighted by atomic mass is 16.6. The van der Waals surface area contributed by atoms with E-state index in [9.17, 15) is 9.59 Å². The maximum Gasteiger partial charge on any atom is 0.313 e. The van der Waals surface area contributed by atoms with E-state index in [2.05, 4.69) is 0 Å². The lowest BCUT2D eigenvalue weighted by Crippen LogP contribution is -2.26. The van der Waals surface area contributed by atoms with Crippen molar-refractivity contribution < 1.29 is 14.3 Å². The monoisotopic (exact) mass is 214 g/mol. The van der Waals surface area contributed by atoms with Crippen LogP contribution in [-0.2, 0) is 14.3 Å². The molecule has 0 fully saturated rings. The zero-order valence-corrected chi connectivity index (χ0v) is 10.6.